The van der Waals surface area contributed by atoms with Crippen LogP contribution in [0.25, 0.3) is 16.5 Å². The van der Waals surface area contributed by atoms with Crippen LogP contribution in [0.2, 0.25) is 5.02 Å². The van der Waals surface area contributed by atoms with Gasteiger partial charge in [0.25, 0.3) is 0 Å². The van der Waals surface area contributed by atoms with Gasteiger partial charge in [0.2, 0.25) is 0 Å². The van der Waals surface area contributed by atoms with Gasteiger partial charge in [-0.15, -0.1) is 5.10 Å². The molecule has 0 aliphatic carbocycles. The van der Waals surface area contributed by atoms with Gasteiger partial charge in [-0.25, -0.2) is 0 Å². The maximum Gasteiger partial charge on any atom is 0.162 e. The van der Waals surface area contributed by atoms with E-state index in [2.05, 4.69) is 57.0 Å². The van der Waals surface area contributed by atoms with Gasteiger partial charge in [0.15, 0.2) is 5.82 Å². The number of nitrogens with zero attached hydrogens (tertiary/aromatic N) is 4. The van der Waals surface area contributed by atoms with E-state index in [0.717, 1.165) is 77.0 Å². The lowest BCUT2D eigenvalue weighted by atomic mass is 10.1. The molecule has 1 aliphatic rings. The molecule has 3 heterocycles. The molecule has 4 aromatic rings. The lowest BCUT2D eigenvalue weighted by Gasteiger charge is -2.29. The molecule has 0 spiro atoms. The summed E-state index contributed by atoms with van der Waals surface area (Å²) in [5, 5.41) is 15.3. The molecule has 2 aromatic heterocycles. The molecule has 1 aliphatic heterocycles. The predicted molar refractivity (Wildman–Crippen MR) is 142 cm³/mol. The molecule has 0 radical (unpaired) electrons. The van der Waals surface area contributed by atoms with E-state index < -0.39 is 0 Å². The molecule has 8 heteroatoms. The first-order valence-electron chi connectivity index (χ1n) is 11.9. The summed E-state index contributed by atoms with van der Waals surface area (Å²) in [7, 11) is 0. The minimum Gasteiger partial charge on any atom is -0.494 e. The van der Waals surface area contributed by atoms with Gasteiger partial charge < -0.3 is 24.3 Å². The van der Waals surface area contributed by atoms with Crippen LogP contribution in [-0.4, -0.2) is 47.7 Å². The number of ether oxygens (including phenoxy) is 2. The SMILES string of the molecule is CCOc1ccc(-n2c(C)c3c(C)nnc(Nc4ccc(N5CCOCC5)c(Cl)c4)c3c2C)cc1. The molecular formula is C27H30ClN5O2. The third-order valence-corrected chi connectivity index (χ3v) is 6.81. The Morgan fingerprint density at radius 1 is 0.971 bits per heavy atom. The normalized spacial score (nSPS) is 13.9. The summed E-state index contributed by atoms with van der Waals surface area (Å²) in [6, 6.07) is 14.2. The van der Waals surface area contributed by atoms with Crippen molar-refractivity contribution in [2.24, 2.45) is 0 Å². The number of aryl methyl sites for hydroxylation is 3. The maximum absolute atomic E-state index is 6.68. The second kappa shape index (κ2) is 9.76. The van der Waals surface area contributed by atoms with Crippen molar-refractivity contribution in [2.75, 3.05) is 43.1 Å². The van der Waals surface area contributed by atoms with Crippen LogP contribution in [0.5, 0.6) is 5.75 Å². The number of hydrogen-bond acceptors (Lipinski definition) is 6. The third-order valence-electron chi connectivity index (χ3n) is 6.51. The van der Waals surface area contributed by atoms with Gasteiger partial charge >= 0.3 is 0 Å². The minimum absolute atomic E-state index is 0.647. The van der Waals surface area contributed by atoms with Crippen LogP contribution in [0.15, 0.2) is 42.5 Å². The van der Waals surface area contributed by atoms with Crippen molar-refractivity contribution in [3.8, 4) is 11.4 Å². The van der Waals surface area contributed by atoms with Crippen LogP contribution < -0.4 is 15.0 Å². The van der Waals surface area contributed by atoms with E-state index in [4.69, 9.17) is 21.1 Å². The van der Waals surface area contributed by atoms with Crippen LogP contribution in [0.3, 0.4) is 0 Å². The number of benzene rings is 2. The molecule has 1 saturated heterocycles. The summed E-state index contributed by atoms with van der Waals surface area (Å²) in [6.07, 6.45) is 0. The first-order chi connectivity index (χ1) is 17.0. The van der Waals surface area contributed by atoms with E-state index in [1.165, 1.54) is 0 Å². The fourth-order valence-corrected chi connectivity index (χ4v) is 5.21. The van der Waals surface area contributed by atoms with Gasteiger partial charge in [-0.1, -0.05) is 11.6 Å². The number of fused-ring (bicyclic) bond motifs is 1. The number of nitrogens with one attached hydrogen (secondary N) is 1. The number of rotatable bonds is 6. The smallest absolute Gasteiger partial charge is 0.162 e. The summed E-state index contributed by atoms with van der Waals surface area (Å²) < 4.78 is 13.3. The summed E-state index contributed by atoms with van der Waals surface area (Å²) in [6.45, 7) is 12.0. The van der Waals surface area contributed by atoms with Gasteiger partial charge in [0.05, 0.1) is 36.2 Å². The Morgan fingerprint density at radius 2 is 1.69 bits per heavy atom. The molecule has 0 amide bonds. The standard InChI is InChI=1S/C27H30ClN5O2/c1-5-35-22-9-7-21(8-10-22)33-18(3)25-17(2)30-31-27(26(25)19(33)4)29-20-6-11-24(23(28)16-20)32-12-14-34-15-13-32/h6-11,16H,5,12-15H2,1-4H3,(H,29,31). The monoisotopic (exact) mass is 491 g/mol. The molecular weight excluding hydrogens is 462 g/mol. The molecule has 1 fully saturated rings. The van der Waals surface area contributed by atoms with Crippen LogP contribution in [0, 0.1) is 20.8 Å². The lowest BCUT2D eigenvalue weighted by Crippen LogP contribution is -2.36. The average molecular weight is 492 g/mol. The van der Waals surface area contributed by atoms with Gasteiger partial charge in [-0.05, 0) is 70.2 Å². The fraction of sp³-hybridized carbons (Fsp3) is 0.333. The average Bonchev–Trinajstić information content (AvgIpc) is 3.13. The molecule has 0 atom stereocenters. The number of hydrogen-bond donors (Lipinski definition) is 1. The largest absolute Gasteiger partial charge is 0.494 e. The summed E-state index contributed by atoms with van der Waals surface area (Å²) >= 11 is 6.68. The highest BCUT2D eigenvalue weighted by atomic mass is 35.5. The molecule has 2 aromatic carbocycles. The van der Waals surface area contributed by atoms with Crippen molar-refractivity contribution in [3.05, 3.63) is 64.6 Å². The summed E-state index contributed by atoms with van der Waals surface area (Å²) in [5.74, 6) is 1.58. The van der Waals surface area contributed by atoms with Crippen molar-refractivity contribution in [1.29, 1.82) is 0 Å². The topological polar surface area (TPSA) is 64.4 Å². The van der Waals surface area contributed by atoms with Gasteiger partial charge in [0, 0.05) is 46.6 Å². The Hall–Kier alpha value is -3.29. The van der Waals surface area contributed by atoms with Gasteiger partial charge in [-0.2, -0.15) is 5.10 Å². The Labute approximate surface area is 210 Å². The van der Waals surface area contributed by atoms with Crippen LogP contribution >= 0.6 is 11.6 Å². The molecule has 1 N–H and O–H groups in total. The van der Waals surface area contributed by atoms with Gasteiger partial charge in [-0.3, -0.25) is 0 Å². The fourth-order valence-electron chi connectivity index (χ4n) is 4.91. The third kappa shape index (κ3) is 4.42. The molecule has 5 rings (SSSR count). The second-order valence-electron chi connectivity index (χ2n) is 8.71. The van der Waals surface area contributed by atoms with Crippen LogP contribution in [0.1, 0.15) is 24.0 Å². The zero-order chi connectivity index (χ0) is 24.5. The van der Waals surface area contributed by atoms with Crippen molar-refractivity contribution >= 4 is 39.6 Å². The zero-order valence-corrected chi connectivity index (χ0v) is 21.3. The highest BCUT2D eigenvalue weighted by Gasteiger charge is 2.20. The van der Waals surface area contributed by atoms with E-state index in [1.807, 2.05) is 38.1 Å². The molecule has 0 bridgehead atoms. The van der Waals surface area contributed by atoms with Gasteiger partial charge in [0.1, 0.15) is 5.75 Å². The quantitative estimate of drug-likeness (QED) is 0.358. The van der Waals surface area contributed by atoms with Crippen LogP contribution in [-0.2, 0) is 4.74 Å². The summed E-state index contributed by atoms with van der Waals surface area (Å²) in [4.78, 5) is 2.25. The molecule has 7 nitrogen and oxygen atoms in total. The molecule has 0 unspecified atom stereocenters. The molecule has 0 saturated carbocycles. The first kappa shape index (κ1) is 23.5. The Bertz CT molecular complexity index is 1360. The maximum atomic E-state index is 6.68. The number of aromatic nitrogens is 3. The van der Waals surface area contributed by atoms with Crippen molar-refractivity contribution in [1.82, 2.24) is 14.8 Å². The highest BCUT2D eigenvalue weighted by molar-refractivity contribution is 6.33. The molecule has 35 heavy (non-hydrogen) atoms. The number of morpholine rings is 1. The lowest BCUT2D eigenvalue weighted by molar-refractivity contribution is 0.122. The highest BCUT2D eigenvalue weighted by Crippen LogP contribution is 2.36. The van der Waals surface area contributed by atoms with E-state index >= 15 is 0 Å². The first-order valence-corrected chi connectivity index (χ1v) is 12.3. The number of halogens is 1. The van der Waals surface area contributed by atoms with E-state index in [1.54, 1.807) is 0 Å². The predicted octanol–water partition coefficient (Wildman–Crippen LogP) is 5.98. The second-order valence-corrected chi connectivity index (χ2v) is 9.11. The van der Waals surface area contributed by atoms with E-state index in [9.17, 15) is 0 Å². The van der Waals surface area contributed by atoms with E-state index in [-0.39, 0.29) is 0 Å². The Balaban J connectivity index is 1.52. The van der Waals surface area contributed by atoms with Crippen molar-refractivity contribution < 1.29 is 9.47 Å². The van der Waals surface area contributed by atoms with Crippen molar-refractivity contribution in [2.45, 2.75) is 27.7 Å². The van der Waals surface area contributed by atoms with Crippen molar-refractivity contribution in [3.63, 3.8) is 0 Å². The van der Waals surface area contributed by atoms with Crippen LogP contribution in [0.4, 0.5) is 17.2 Å². The Kier molecular flexibility index (Phi) is 6.54. The zero-order valence-electron chi connectivity index (χ0n) is 20.6. The minimum atomic E-state index is 0.647. The molecule has 182 valence electrons. The Morgan fingerprint density at radius 3 is 2.37 bits per heavy atom. The number of anilines is 3. The summed E-state index contributed by atoms with van der Waals surface area (Å²) in [5.41, 5.74) is 6.09. The van der Waals surface area contributed by atoms with E-state index in [0.29, 0.717) is 17.4 Å².